The van der Waals surface area contributed by atoms with Crippen LogP contribution in [0.25, 0.3) is 20.8 Å². The fourth-order valence-electron chi connectivity index (χ4n) is 2.76. The molecular weight excluding hydrogens is 316 g/mol. The molecule has 23 heavy (non-hydrogen) atoms. The first-order valence-corrected chi connectivity index (χ1v) is 8.38. The van der Waals surface area contributed by atoms with Crippen LogP contribution in [0, 0.1) is 11.6 Å². The molecule has 4 rings (SSSR count). The van der Waals surface area contributed by atoms with Gasteiger partial charge in [-0.2, -0.15) is 0 Å². The van der Waals surface area contributed by atoms with Gasteiger partial charge < -0.3 is 5.43 Å². The number of halogens is 2. The number of hydrogen-bond acceptors (Lipinski definition) is 4. The second kappa shape index (κ2) is 5.86. The molecule has 0 unspecified atom stereocenters. The maximum Gasteiger partial charge on any atom is 0.159 e. The predicted molar refractivity (Wildman–Crippen MR) is 89.4 cm³/mol. The molecule has 2 aromatic carbocycles. The van der Waals surface area contributed by atoms with Gasteiger partial charge in [0, 0.05) is 18.7 Å². The van der Waals surface area contributed by atoms with Gasteiger partial charge in [0.05, 0.1) is 15.9 Å². The molecule has 1 aliphatic heterocycles. The second-order valence-electron chi connectivity index (χ2n) is 5.64. The molecule has 1 saturated heterocycles. The summed E-state index contributed by atoms with van der Waals surface area (Å²) < 4.78 is 27.5. The van der Waals surface area contributed by atoms with Crippen LogP contribution >= 0.6 is 11.3 Å². The molecule has 2 heterocycles. The quantitative estimate of drug-likeness (QED) is 0.756. The highest BCUT2D eigenvalue weighted by Gasteiger charge is 2.13. The second-order valence-corrected chi connectivity index (χ2v) is 6.67. The number of rotatable bonds is 3. The number of anilines is 1. The van der Waals surface area contributed by atoms with E-state index in [1.54, 1.807) is 6.07 Å². The van der Waals surface area contributed by atoms with E-state index in [-0.39, 0.29) is 0 Å². The zero-order valence-electron chi connectivity index (χ0n) is 12.4. The van der Waals surface area contributed by atoms with Gasteiger partial charge in [-0.3, -0.25) is 0 Å². The van der Waals surface area contributed by atoms with Crippen molar-refractivity contribution in [3.63, 3.8) is 0 Å². The molecule has 1 aromatic heterocycles. The predicted octanol–water partition coefficient (Wildman–Crippen LogP) is 4.66. The highest BCUT2D eigenvalue weighted by Crippen LogP contribution is 2.32. The fourth-order valence-corrected chi connectivity index (χ4v) is 3.70. The molecule has 0 spiro atoms. The maximum atomic E-state index is 13.4. The average molecular weight is 331 g/mol. The van der Waals surface area contributed by atoms with Crippen molar-refractivity contribution in [2.45, 2.75) is 12.8 Å². The summed E-state index contributed by atoms with van der Waals surface area (Å²) in [7, 11) is 0. The monoisotopic (exact) mass is 331 g/mol. The minimum absolute atomic E-state index is 0.596. The summed E-state index contributed by atoms with van der Waals surface area (Å²) in [5, 5.41) is 2.89. The lowest BCUT2D eigenvalue weighted by molar-refractivity contribution is 0.410. The third kappa shape index (κ3) is 2.92. The highest BCUT2D eigenvalue weighted by atomic mass is 32.1. The van der Waals surface area contributed by atoms with Gasteiger partial charge in [0.25, 0.3) is 0 Å². The van der Waals surface area contributed by atoms with Crippen molar-refractivity contribution in [1.29, 1.82) is 0 Å². The third-order valence-corrected chi connectivity index (χ3v) is 5.03. The first-order chi connectivity index (χ1) is 11.2. The van der Waals surface area contributed by atoms with E-state index in [2.05, 4.69) is 15.4 Å². The summed E-state index contributed by atoms with van der Waals surface area (Å²) in [5.74, 6) is -1.69. The molecule has 6 heteroatoms. The van der Waals surface area contributed by atoms with E-state index in [0.717, 1.165) is 35.1 Å². The van der Waals surface area contributed by atoms with Crippen LogP contribution in [-0.2, 0) is 0 Å². The Kier molecular flexibility index (Phi) is 3.71. The number of nitrogens with one attached hydrogen (secondary N) is 1. The lowest BCUT2D eigenvalue weighted by Gasteiger charge is -2.17. The summed E-state index contributed by atoms with van der Waals surface area (Å²) in [5.41, 5.74) is 5.84. The van der Waals surface area contributed by atoms with Crippen LogP contribution in [0.3, 0.4) is 0 Å². The highest BCUT2D eigenvalue weighted by molar-refractivity contribution is 7.21. The minimum Gasteiger partial charge on any atom is -0.319 e. The molecule has 1 fully saturated rings. The van der Waals surface area contributed by atoms with E-state index >= 15 is 0 Å². The van der Waals surface area contributed by atoms with E-state index in [1.807, 2.05) is 18.2 Å². The molecule has 0 aliphatic carbocycles. The SMILES string of the molecule is Fc1ccc(-c2nc3cc(NN4CCCC4)ccc3s2)cc1F. The molecular formula is C17H15F2N3S. The standard InChI is InChI=1S/C17H15F2N3S/c18-13-5-3-11(9-14(13)19)17-20-15-10-12(4-6-16(15)23-17)21-22-7-1-2-8-22/h3-6,9-10,21H,1-2,7-8H2. The summed E-state index contributed by atoms with van der Waals surface area (Å²) in [4.78, 5) is 4.56. The van der Waals surface area contributed by atoms with E-state index in [1.165, 1.54) is 30.2 Å². The van der Waals surface area contributed by atoms with Crippen molar-refractivity contribution in [2.24, 2.45) is 0 Å². The zero-order chi connectivity index (χ0) is 15.8. The Morgan fingerprint density at radius 2 is 1.83 bits per heavy atom. The van der Waals surface area contributed by atoms with Gasteiger partial charge in [-0.05, 0) is 49.2 Å². The van der Waals surface area contributed by atoms with Gasteiger partial charge in [0.1, 0.15) is 5.01 Å². The first-order valence-electron chi connectivity index (χ1n) is 7.57. The van der Waals surface area contributed by atoms with Gasteiger partial charge in [-0.1, -0.05) is 0 Å². The van der Waals surface area contributed by atoms with Crippen LogP contribution in [0.2, 0.25) is 0 Å². The lowest BCUT2D eigenvalue weighted by atomic mass is 10.2. The number of hydrazine groups is 1. The molecule has 0 atom stereocenters. The van der Waals surface area contributed by atoms with Crippen molar-refractivity contribution in [3.8, 4) is 10.6 Å². The topological polar surface area (TPSA) is 28.2 Å². The Labute approximate surface area is 136 Å². The normalized spacial score (nSPS) is 15.4. The molecule has 0 bridgehead atoms. The minimum atomic E-state index is -0.849. The number of thiazole rings is 1. The van der Waals surface area contributed by atoms with E-state index in [0.29, 0.717) is 10.6 Å². The molecule has 0 radical (unpaired) electrons. The summed E-state index contributed by atoms with van der Waals surface area (Å²) in [6.45, 7) is 2.10. The van der Waals surface area contributed by atoms with Crippen molar-refractivity contribution in [2.75, 3.05) is 18.5 Å². The maximum absolute atomic E-state index is 13.4. The number of benzene rings is 2. The van der Waals surface area contributed by atoms with Gasteiger partial charge in [-0.15, -0.1) is 11.3 Å². The van der Waals surface area contributed by atoms with Crippen LogP contribution in [0.1, 0.15) is 12.8 Å². The van der Waals surface area contributed by atoms with Gasteiger partial charge in [0.15, 0.2) is 11.6 Å². The summed E-state index contributed by atoms with van der Waals surface area (Å²) in [6.07, 6.45) is 2.43. The van der Waals surface area contributed by atoms with Crippen molar-refractivity contribution in [1.82, 2.24) is 9.99 Å². The molecule has 1 N–H and O–H groups in total. The Morgan fingerprint density at radius 3 is 2.61 bits per heavy atom. The van der Waals surface area contributed by atoms with Crippen LogP contribution in [-0.4, -0.2) is 23.1 Å². The van der Waals surface area contributed by atoms with Crippen LogP contribution in [0.4, 0.5) is 14.5 Å². The molecule has 0 amide bonds. The van der Waals surface area contributed by atoms with Crippen molar-refractivity contribution in [3.05, 3.63) is 48.0 Å². The fraction of sp³-hybridized carbons (Fsp3) is 0.235. The molecule has 3 nitrogen and oxygen atoms in total. The van der Waals surface area contributed by atoms with Crippen molar-refractivity contribution < 1.29 is 8.78 Å². The largest absolute Gasteiger partial charge is 0.319 e. The molecule has 3 aromatic rings. The van der Waals surface area contributed by atoms with Gasteiger partial charge >= 0.3 is 0 Å². The lowest BCUT2D eigenvalue weighted by Crippen LogP contribution is -2.25. The Balaban J connectivity index is 1.65. The van der Waals surface area contributed by atoms with E-state index in [9.17, 15) is 8.78 Å². The number of fused-ring (bicyclic) bond motifs is 1. The van der Waals surface area contributed by atoms with Gasteiger partial charge in [-0.25, -0.2) is 18.8 Å². The third-order valence-electron chi connectivity index (χ3n) is 3.95. The number of hydrogen-bond donors (Lipinski definition) is 1. The van der Waals surface area contributed by atoms with E-state index < -0.39 is 11.6 Å². The van der Waals surface area contributed by atoms with Crippen molar-refractivity contribution >= 4 is 27.2 Å². The Hall–Kier alpha value is -2.05. The van der Waals surface area contributed by atoms with E-state index in [4.69, 9.17) is 0 Å². The van der Waals surface area contributed by atoms with Gasteiger partial charge in [0.2, 0.25) is 0 Å². The van der Waals surface area contributed by atoms with Crippen LogP contribution < -0.4 is 5.43 Å². The Bertz CT molecular complexity index is 856. The summed E-state index contributed by atoms with van der Waals surface area (Å²) >= 11 is 1.47. The average Bonchev–Trinajstić information content (AvgIpc) is 3.19. The number of aromatic nitrogens is 1. The molecule has 118 valence electrons. The Morgan fingerprint density at radius 1 is 1.00 bits per heavy atom. The zero-order valence-corrected chi connectivity index (χ0v) is 13.2. The molecule has 0 saturated carbocycles. The van der Waals surface area contributed by atoms with Crippen LogP contribution in [0.15, 0.2) is 36.4 Å². The smallest absolute Gasteiger partial charge is 0.159 e. The first kappa shape index (κ1) is 14.5. The van der Waals surface area contributed by atoms with Crippen LogP contribution in [0.5, 0.6) is 0 Å². The molecule has 1 aliphatic rings. The number of nitrogens with zero attached hydrogens (tertiary/aromatic N) is 2. The summed E-state index contributed by atoms with van der Waals surface area (Å²) in [6, 6.07) is 9.91.